The van der Waals surface area contributed by atoms with Gasteiger partial charge in [-0.25, -0.2) is 8.42 Å². The summed E-state index contributed by atoms with van der Waals surface area (Å²) in [6.07, 6.45) is 0. The lowest BCUT2D eigenvalue weighted by Gasteiger charge is -2.21. The zero-order valence-corrected chi connectivity index (χ0v) is 18.9. The molecule has 1 amide bonds. The Hall–Kier alpha value is -2.78. The van der Waals surface area contributed by atoms with Crippen LogP contribution in [0.3, 0.4) is 0 Å². The molecule has 0 heterocycles. The van der Waals surface area contributed by atoms with Gasteiger partial charge in [-0.2, -0.15) is 4.31 Å². The number of carbonyl (C=O) groups is 1. The Bertz CT molecular complexity index is 982. The molecule has 0 saturated carbocycles. The van der Waals surface area contributed by atoms with Gasteiger partial charge in [0, 0.05) is 19.6 Å². The van der Waals surface area contributed by atoms with E-state index >= 15 is 0 Å². The van der Waals surface area contributed by atoms with E-state index in [1.54, 1.807) is 18.2 Å². The van der Waals surface area contributed by atoms with Crippen LogP contribution in [0, 0.1) is 0 Å². The smallest absolute Gasteiger partial charge is 0.255 e. The second kappa shape index (κ2) is 9.82. The second-order valence-electron chi connectivity index (χ2n) is 6.89. The molecule has 0 bridgehead atoms. The van der Waals surface area contributed by atoms with Crippen molar-refractivity contribution in [2.24, 2.45) is 0 Å². The number of benzene rings is 2. The van der Waals surface area contributed by atoms with Crippen molar-refractivity contribution in [2.75, 3.05) is 28.4 Å². The first-order valence-electron chi connectivity index (χ1n) is 9.30. The van der Waals surface area contributed by atoms with E-state index in [-0.39, 0.29) is 23.0 Å². The van der Waals surface area contributed by atoms with Gasteiger partial charge in [0.1, 0.15) is 17.2 Å². The lowest BCUT2D eigenvalue weighted by atomic mass is 10.1. The van der Waals surface area contributed by atoms with Crippen molar-refractivity contribution in [1.29, 1.82) is 0 Å². The van der Waals surface area contributed by atoms with E-state index < -0.39 is 15.9 Å². The van der Waals surface area contributed by atoms with Crippen LogP contribution in [-0.4, -0.2) is 53.0 Å². The fourth-order valence-electron chi connectivity index (χ4n) is 2.94. The summed E-state index contributed by atoms with van der Waals surface area (Å²) in [6.45, 7) is 3.66. The third-order valence-electron chi connectivity index (χ3n) is 4.45. The summed E-state index contributed by atoms with van der Waals surface area (Å²) in [7, 11) is 1.99. The minimum Gasteiger partial charge on any atom is -0.496 e. The summed E-state index contributed by atoms with van der Waals surface area (Å²) >= 11 is 0. The molecule has 0 aliphatic rings. The van der Waals surface area contributed by atoms with Crippen LogP contribution < -0.4 is 19.5 Å². The van der Waals surface area contributed by atoms with Crippen molar-refractivity contribution in [2.45, 2.75) is 31.3 Å². The minimum atomic E-state index is -3.91. The molecular weight excluding hydrogens is 408 g/mol. The van der Waals surface area contributed by atoms with Crippen LogP contribution in [-0.2, 0) is 16.6 Å². The fourth-order valence-corrected chi connectivity index (χ4v) is 4.10. The summed E-state index contributed by atoms with van der Waals surface area (Å²) in [5.41, 5.74) is 0.746. The third kappa shape index (κ3) is 5.03. The molecule has 0 aliphatic carbocycles. The van der Waals surface area contributed by atoms with Crippen LogP contribution in [0.5, 0.6) is 17.2 Å². The Morgan fingerprint density at radius 2 is 1.57 bits per heavy atom. The van der Waals surface area contributed by atoms with Crippen molar-refractivity contribution in [3.05, 3.63) is 47.5 Å². The number of sulfonamides is 1. The Balaban J connectivity index is 2.43. The maximum atomic E-state index is 13.2. The molecule has 0 radical (unpaired) electrons. The number of nitrogens with zero attached hydrogens (tertiary/aromatic N) is 1. The predicted octanol–water partition coefficient (Wildman–Crippen LogP) is 2.67. The van der Waals surface area contributed by atoms with Gasteiger partial charge in [0.2, 0.25) is 10.0 Å². The van der Waals surface area contributed by atoms with Gasteiger partial charge in [-0.05, 0) is 44.2 Å². The summed E-state index contributed by atoms with van der Waals surface area (Å²) in [5, 5.41) is 2.75. The van der Waals surface area contributed by atoms with Crippen LogP contribution in [0.4, 0.5) is 0 Å². The average Bonchev–Trinajstić information content (AvgIpc) is 2.72. The number of methoxy groups -OCH3 is 3. The lowest BCUT2D eigenvalue weighted by Crippen LogP contribution is -2.31. The first-order valence-corrected chi connectivity index (χ1v) is 10.7. The Morgan fingerprint density at radius 1 is 1.00 bits per heavy atom. The number of ether oxygens (including phenoxy) is 3. The van der Waals surface area contributed by atoms with Crippen molar-refractivity contribution in [1.82, 2.24) is 9.62 Å². The molecular formula is C21H28N2O6S. The maximum absolute atomic E-state index is 13.2. The first kappa shape index (κ1) is 23.5. The predicted molar refractivity (Wildman–Crippen MR) is 114 cm³/mol. The average molecular weight is 437 g/mol. The van der Waals surface area contributed by atoms with E-state index in [2.05, 4.69) is 5.32 Å². The highest BCUT2D eigenvalue weighted by Crippen LogP contribution is 2.31. The Kier molecular flexibility index (Phi) is 7.69. The van der Waals surface area contributed by atoms with Crippen LogP contribution in [0.2, 0.25) is 0 Å². The molecule has 0 aliphatic heterocycles. The largest absolute Gasteiger partial charge is 0.496 e. The number of hydrogen-bond donors (Lipinski definition) is 1. The number of hydrogen-bond acceptors (Lipinski definition) is 6. The standard InChI is InChI=1S/C21H28N2O6S/c1-14(2)22-21(24)16-12-15(10-11-20(16)29-6)30(25,26)23(3)13-17-18(27-4)8-7-9-19(17)28-5/h7-12,14H,13H2,1-6H3,(H,22,24). The molecule has 1 N–H and O–H groups in total. The van der Waals surface area contributed by atoms with Crippen LogP contribution >= 0.6 is 0 Å². The van der Waals surface area contributed by atoms with E-state index in [4.69, 9.17) is 14.2 Å². The zero-order chi connectivity index (χ0) is 22.5. The summed E-state index contributed by atoms with van der Waals surface area (Å²) < 4.78 is 43.5. The van der Waals surface area contributed by atoms with Crippen LogP contribution in [0.25, 0.3) is 0 Å². The molecule has 30 heavy (non-hydrogen) atoms. The van der Waals surface area contributed by atoms with Crippen LogP contribution in [0.15, 0.2) is 41.3 Å². The maximum Gasteiger partial charge on any atom is 0.255 e. The molecule has 0 aromatic heterocycles. The normalized spacial score (nSPS) is 11.5. The number of rotatable bonds is 9. The van der Waals surface area contributed by atoms with E-state index in [0.29, 0.717) is 22.8 Å². The summed E-state index contributed by atoms with van der Waals surface area (Å²) in [6, 6.07) is 9.33. The van der Waals surface area contributed by atoms with Crippen LogP contribution in [0.1, 0.15) is 29.8 Å². The molecule has 2 aromatic rings. The Labute approximate surface area is 177 Å². The second-order valence-corrected chi connectivity index (χ2v) is 8.94. The first-order chi connectivity index (χ1) is 14.1. The topological polar surface area (TPSA) is 94.2 Å². The quantitative estimate of drug-likeness (QED) is 0.650. The van der Waals surface area contributed by atoms with Gasteiger partial charge >= 0.3 is 0 Å². The van der Waals surface area contributed by atoms with Crippen molar-refractivity contribution < 1.29 is 27.4 Å². The molecule has 9 heteroatoms. The molecule has 0 saturated heterocycles. The van der Waals surface area contributed by atoms with Gasteiger partial charge in [-0.3, -0.25) is 4.79 Å². The van der Waals surface area contributed by atoms with Crippen molar-refractivity contribution in [3.63, 3.8) is 0 Å². The van der Waals surface area contributed by atoms with Gasteiger partial charge in [0.15, 0.2) is 0 Å². The van der Waals surface area contributed by atoms with E-state index in [0.717, 1.165) is 0 Å². The summed E-state index contributed by atoms with van der Waals surface area (Å²) in [4.78, 5) is 12.5. The third-order valence-corrected chi connectivity index (χ3v) is 6.25. The molecule has 8 nitrogen and oxygen atoms in total. The molecule has 0 fully saturated rings. The van der Waals surface area contributed by atoms with E-state index in [1.807, 2.05) is 13.8 Å². The monoisotopic (exact) mass is 436 g/mol. The molecule has 2 rings (SSSR count). The number of carbonyl (C=O) groups excluding carboxylic acids is 1. The van der Waals surface area contributed by atoms with Gasteiger partial charge in [0.05, 0.1) is 37.4 Å². The minimum absolute atomic E-state index is 0.0198. The molecule has 0 spiro atoms. The SMILES string of the molecule is COc1ccc(S(=O)(=O)N(C)Cc2c(OC)cccc2OC)cc1C(=O)NC(C)C. The molecule has 2 aromatic carbocycles. The highest BCUT2D eigenvalue weighted by atomic mass is 32.2. The van der Waals surface area contributed by atoms with Gasteiger partial charge in [-0.15, -0.1) is 0 Å². The zero-order valence-electron chi connectivity index (χ0n) is 18.1. The summed E-state index contributed by atoms with van der Waals surface area (Å²) in [5.74, 6) is 0.917. The van der Waals surface area contributed by atoms with Gasteiger partial charge < -0.3 is 19.5 Å². The molecule has 0 atom stereocenters. The van der Waals surface area contributed by atoms with Crippen molar-refractivity contribution in [3.8, 4) is 17.2 Å². The number of nitrogens with one attached hydrogen (secondary N) is 1. The van der Waals surface area contributed by atoms with Gasteiger partial charge in [-0.1, -0.05) is 6.07 Å². The number of amides is 1. The highest BCUT2D eigenvalue weighted by Gasteiger charge is 2.26. The Morgan fingerprint density at radius 3 is 2.07 bits per heavy atom. The van der Waals surface area contributed by atoms with Gasteiger partial charge in [0.25, 0.3) is 5.91 Å². The fraction of sp³-hybridized carbons (Fsp3) is 0.381. The molecule has 0 unspecified atom stereocenters. The lowest BCUT2D eigenvalue weighted by molar-refractivity contribution is 0.0940. The van der Waals surface area contributed by atoms with E-state index in [9.17, 15) is 13.2 Å². The highest BCUT2D eigenvalue weighted by molar-refractivity contribution is 7.89. The molecule has 164 valence electrons. The van der Waals surface area contributed by atoms with Crippen molar-refractivity contribution >= 4 is 15.9 Å². The van der Waals surface area contributed by atoms with E-state index in [1.165, 1.54) is 50.9 Å².